The Bertz CT molecular complexity index is 590. The molecule has 1 aromatic rings. The maximum absolute atomic E-state index is 5.66. The van der Waals surface area contributed by atoms with E-state index in [0.717, 1.165) is 23.0 Å². The average Bonchev–Trinajstić information content (AvgIpc) is 2.71. The predicted molar refractivity (Wildman–Crippen MR) is 127 cm³/mol. The van der Waals surface area contributed by atoms with Crippen molar-refractivity contribution in [1.82, 2.24) is 15.5 Å². The molecule has 0 bridgehead atoms. The van der Waals surface area contributed by atoms with Crippen LogP contribution in [0.25, 0.3) is 0 Å². The molecule has 7 heteroatoms. The number of nitrogens with one attached hydrogen (secondary N) is 2. The summed E-state index contributed by atoms with van der Waals surface area (Å²) in [6.45, 7) is 9.12. The Labute approximate surface area is 187 Å². The lowest BCUT2D eigenvalue weighted by Gasteiger charge is -2.33. The van der Waals surface area contributed by atoms with E-state index in [4.69, 9.17) is 9.47 Å². The molecule has 0 unspecified atom stereocenters. The van der Waals surface area contributed by atoms with Crippen LogP contribution in [0.2, 0.25) is 0 Å². The fourth-order valence-corrected chi connectivity index (χ4v) is 3.36. The molecule has 28 heavy (non-hydrogen) atoms. The first kappa shape index (κ1) is 24.8. The van der Waals surface area contributed by atoms with Crippen LogP contribution in [0.5, 0.6) is 11.5 Å². The average molecular weight is 504 g/mol. The largest absolute Gasteiger partial charge is 0.493 e. The van der Waals surface area contributed by atoms with Crippen molar-refractivity contribution in [2.75, 3.05) is 40.4 Å². The van der Waals surface area contributed by atoms with E-state index in [1.54, 1.807) is 7.11 Å². The monoisotopic (exact) mass is 504 g/mol. The second-order valence-electron chi connectivity index (χ2n) is 6.96. The Morgan fingerprint density at radius 3 is 2.57 bits per heavy atom. The minimum absolute atomic E-state index is 0. The van der Waals surface area contributed by atoms with E-state index < -0.39 is 0 Å². The Balaban J connectivity index is 0.00000392. The quantitative estimate of drug-likeness (QED) is 0.306. The summed E-state index contributed by atoms with van der Waals surface area (Å²) < 4.78 is 11.0. The Kier molecular flexibility index (Phi) is 12.3. The third-order valence-corrected chi connectivity index (χ3v) is 4.97. The third-order valence-electron chi connectivity index (χ3n) is 4.97. The van der Waals surface area contributed by atoms with Crippen molar-refractivity contribution in [1.29, 1.82) is 0 Å². The highest BCUT2D eigenvalue weighted by Crippen LogP contribution is 2.27. The molecule has 0 amide bonds. The van der Waals surface area contributed by atoms with Crippen LogP contribution in [0, 0.1) is 0 Å². The molecule has 1 aliphatic rings. The molecule has 6 nitrogen and oxygen atoms in total. The number of ether oxygens (including phenoxy) is 2. The molecule has 0 radical (unpaired) electrons. The summed E-state index contributed by atoms with van der Waals surface area (Å²) in [5.41, 5.74) is 1.14. The van der Waals surface area contributed by atoms with Gasteiger partial charge in [0.25, 0.3) is 0 Å². The first-order valence-electron chi connectivity index (χ1n) is 10.2. The van der Waals surface area contributed by atoms with Gasteiger partial charge in [0, 0.05) is 32.7 Å². The lowest BCUT2D eigenvalue weighted by molar-refractivity contribution is 0.203. The molecule has 0 atom stereocenters. The van der Waals surface area contributed by atoms with Crippen molar-refractivity contribution in [2.45, 2.75) is 52.1 Å². The lowest BCUT2D eigenvalue weighted by Crippen LogP contribution is -2.48. The number of guanidine groups is 1. The van der Waals surface area contributed by atoms with Crippen molar-refractivity contribution in [3.8, 4) is 11.5 Å². The standard InChI is InChI=1S/C21H36N4O2.HI/c1-5-7-12-25-13-10-18(11-14-25)24-21(22-3)23-16-17-8-9-19(26-4)20(15-17)27-6-2;/h8-9,15,18H,5-7,10-14,16H2,1-4H3,(H2,22,23,24);1H. The van der Waals surface area contributed by atoms with Gasteiger partial charge in [-0.05, 0) is 50.4 Å². The fraction of sp³-hybridized carbons (Fsp3) is 0.667. The highest BCUT2D eigenvalue weighted by Gasteiger charge is 2.19. The second kappa shape index (κ2) is 13.9. The number of piperidine rings is 1. The summed E-state index contributed by atoms with van der Waals surface area (Å²) in [5.74, 6) is 2.40. The predicted octanol–water partition coefficient (Wildman–Crippen LogP) is 3.64. The van der Waals surface area contributed by atoms with Crippen LogP contribution < -0.4 is 20.1 Å². The number of hydrogen-bond donors (Lipinski definition) is 2. The smallest absolute Gasteiger partial charge is 0.191 e. The van der Waals surface area contributed by atoms with Crippen LogP contribution in [0.15, 0.2) is 23.2 Å². The molecule has 2 rings (SSSR count). The molecule has 0 aromatic heterocycles. The topological polar surface area (TPSA) is 58.1 Å². The van der Waals surface area contributed by atoms with E-state index in [1.165, 1.54) is 45.3 Å². The molecule has 1 heterocycles. The molecule has 2 N–H and O–H groups in total. The summed E-state index contributed by atoms with van der Waals surface area (Å²) in [6, 6.07) is 6.51. The maximum atomic E-state index is 5.66. The van der Waals surface area contributed by atoms with Gasteiger partial charge in [-0.15, -0.1) is 24.0 Å². The number of rotatable bonds is 9. The number of nitrogens with zero attached hydrogens (tertiary/aromatic N) is 2. The Morgan fingerprint density at radius 1 is 1.21 bits per heavy atom. The second-order valence-corrected chi connectivity index (χ2v) is 6.96. The summed E-state index contributed by atoms with van der Waals surface area (Å²) in [4.78, 5) is 6.96. The number of benzene rings is 1. The van der Waals surface area contributed by atoms with Crippen molar-refractivity contribution in [2.24, 2.45) is 4.99 Å². The number of halogens is 1. The van der Waals surface area contributed by atoms with Gasteiger partial charge in [-0.25, -0.2) is 0 Å². The molecule has 1 aliphatic heterocycles. The van der Waals surface area contributed by atoms with Crippen molar-refractivity contribution < 1.29 is 9.47 Å². The van der Waals surface area contributed by atoms with Crippen molar-refractivity contribution >= 4 is 29.9 Å². The number of aliphatic imine (C=N–C) groups is 1. The number of hydrogen-bond acceptors (Lipinski definition) is 4. The molecule has 0 aliphatic carbocycles. The molecule has 0 spiro atoms. The molecule has 1 fully saturated rings. The number of likely N-dealkylation sites (tertiary alicyclic amines) is 1. The molecular weight excluding hydrogens is 467 g/mol. The van der Waals surface area contributed by atoms with Crippen LogP contribution in [-0.2, 0) is 6.54 Å². The van der Waals surface area contributed by atoms with Gasteiger partial charge >= 0.3 is 0 Å². The zero-order valence-corrected chi connectivity index (χ0v) is 20.1. The van der Waals surface area contributed by atoms with Crippen LogP contribution >= 0.6 is 24.0 Å². The van der Waals surface area contributed by atoms with Crippen LogP contribution in [-0.4, -0.2) is 57.3 Å². The zero-order chi connectivity index (χ0) is 19.5. The summed E-state index contributed by atoms with van der Waals surface area (Å²) in [6.07, 6.45) is 4.90. The molecular formula is C21H37IN4O2. The van der Waals surface area contributed by atoms with E-state index >= 15 is 0 Å². The fourth-order valence-electron chi connectivity index (χ4n) is 3.36. The number of methoxy groups -OCH3 is 1. The SMILES string of the molecule is CCCCN1CCC(NC(=NC)NCc2ccc(OC)c(OCC)c2)CC1.I. The summed E-state index contributed by atoms with van der Waals surface area (Å²) in [7, 11) is 3.49. The minimum Gasteiger partial charge on any atom is -0.493 e. The van der Waals surface area contributed by atoms with Crippen molar-refractivity contribution in [3.63, 3.8) is 0 Å². The molecule has 160 valence electrons. The van der Waals surface area contributed by atoms with Gasteiger partial charge in [-0.3, -0.25) is 4.99 Å². The van der Waals surface area contributed by atoms with Crippen LogP contribution in [0.4, 0.5) is 0 Å². The molecule has 1 saturated heterocycles. The van der Waals surface area contributed by atoms with Gasteiger partial charge in [-0.1, -0.05) is 19.4 Å². The molecule has 0 saturated carbocycles. The Morgan fingerprint density at radius 2 is 1.96 bits per heavy atom. The normalized spacial score (nSPS) is 15.6. The van der Waals surface area contributed by atoms with E-state index in [9.17, 15) is 0 Å². The summed E-state index contributed by atoms with van der Waals surface area (Å²) in [5, 5.41) is 6.99. The van der Waals surface area contributed by atoms with E-state index in [-0.39, 0.29) is 24.0 Å². The third kappa shape index (κ3) is 8.03. The summed E-state index contributed by atoms with van der Waals surface area (Å²) >= 11 is 0. The van der Waals surface area contributed by atoms with E-state index in [0.29, 0.717) is 19.2 Å². The van der Waals surface area contributed by atoms with Crippen molar-refractivity contribution in [3.05, 3.63) is 23.8 Å². The highest BCUT2D eigenvalue weighted by atomic mass is 127. The first-order valence-corrected chi connectivity index (χ1v) is 10.2. The zero-order valence-electron chi connectivity index (χ0n) is 17.8. The van der Waals surface area contributed by atoms with Gasteiger partial charge in [-0.2, -0.15) is 0 Å². The lowest BCUT2D eigenvalue weighted by atomic mass is 10.0. The van der Waals surface area contributed by atoms with Gasteiger partial charge in [0.15, 0.2) is 17.5 Å². The van der Waals surface area contributed by atoms with E-state index in [1.807, 2.05) is 32.2 Å². The highest BCUT2D eigenvalue weighted by molar-refractivity contribution is 14.0. The van der Waals surface area contributed by atoms with Crippen LogP contribution in [0.1, 0.15) is 45.1 Å². The first-order chi connectivity index (χ1) is 13.2. The van der Waals surface area contributed by atoms with E-state index in [2.05, 4.69) is 27.4 Å². The van der Waals surface area contributed by atoms with Gasteiger partial charge in [0.2, 0.25) is 0 Å². The maximum Gasteiger partial charge on any atom is 0.191 e. The van der Waals surface area contributed by atoms with Gasteiger partial charge < -0.3 is 25.0 Å². The Hall–Kier alpha value is -1.22. The van der Waals surface area contributed by atoms with Gasteiger partial charge in [0.05, 0.1) is 13.7 Å². The van der Waals surface area contributed by atoms with Crippen LogP contribution in [0.3, 0.4) is 0 Å². The molecule has 1 aromatic carbocycles. The van der Waals surface area contributed by atoms with Gasteiger partial charge in [0.1, 0.15) is 0 Å². The number of unbranched alkanes of at least 4 members (excludes halogenated alkanes) is 1. The minimum atomic E-state index is 0.